The van der Waals surface area contributed by atoms with Crippen LogP contribution in [0.4, 0.5) is 0 Å². The molecule has 0 bridgehead atoms. The normalized spacial score (nSPS) is 17.9. The van der Waals surface area contributed by atoms with Crippen LogP contribution in [0.5, 0.6) is 0 Å². The number of nitrogens with one attached hydrogen (secondary N) is 1. The summed E-state index contributed by atoms with van der Waals surface area (Å²) >= 11 is 0. The minimum absolute atomic E-state index is 0.0990. The third-order valence-corrected chi connectivity index (χ3v) is 4.91. The third kappa shape index (κ3) is 1.91. The van der Waals surface area contributed by atoms with Crippen molar-refractivity contribution in [2.45, 2.75) is 24.3 Å². The van der Waals surface area contributed by atoms with Crippen LogP contribution in [0.3, 0.4) is 0 Å². The van der Waals surface area contributed by atoms with Gasteiger partial charge in [0.15, 0.2) is 0 Å². The fourth-order valence-corrected chi connectivity index (χ4v) is 3.56. The summed E-state index contributed by atoms with van der Waals surface area (Å²) in [6.07, 6.45) is 0. The van der Waals surface area contributed by atoms with E-state index in [2.05, 4.69) is 5.32 Å². The number of carbonyl (C=O) groups excluding carboxylic acids is 1. The van der Waals surface area contributed by atoms with Gasteiger partial charge in [0.25, 0.3) is 15.9 Å². The summed E-state index contributed by atoms with van der Waals surface area (Å²) in [5.74, 6) is -0.450. The predicted molar refractivity (Wildman–Crippen MR) is 67.8 cm³/mol. The number of rotatable bonds is 3. The maximum absolute atomic E-state index is 12.3. The molecule has 1 N–H and O–H groups in total. The highest BCUT2D eigenvalue weighted by molar-refractivity contribution is 7.90. The van der Waals surface area contributed by atoms with E-state index in [0.29, 0.717) is 0 Å². The van der Waals surface area contributed by atoms with Crippen molar-refractivity contribution in [3.63, 3.8) is 0 Å². The maximum atomic E-state index is 12.3. The molecule has 18 heavy (non-hydrogen) atoms. The van der Waals surface area contributed by atoms with E-state index in [9.17, 15) is 13.2 Å². The molecule has 1 amide bonds. The molecule has 6 heteroatoms. The van der Waals surface area contributed by atoms with Crippen LogP contribution in [0, 0.1) is 0 Å². The number of nitrogens with zero attached hydrogens (tertiary/aromatic N) is 1. The lowest BCUT2D eigenvalue weighted by Gasteiger charge is -2.28. The standard InChI is InChI=1S/C12H16N2O3S/c1-12(2,13-3)8-14-11(15)9-6-4-5-7-10(9)18(14,16)17/h4-7,13H,8H2,1-3H3. The highest BCUT2D eigenvalue weighted by atomic mass is 32.2. The summed E-state index contributed by atoms with van der Waals surface area (Å²) in [6, 6.07) is 6.30. The van der Waals surface area contributed by atoms with Gasteiger partial charge in [-0.05, 0) is 33.0 Å². The predicted octanol–water partition coefficient (Wildman–Crippen LogP) is 0.829. The lowest BCUT2D eigenvalue weighted by atomic mass is 10.1. The van der Waals surface area contributed by atoms with Crippen molar-refractivity contribution in [3.8, 4) is 0 Å². The molecule has 0 saturated heterocycles. The number of sulfonamides is 1. The fourth-order valence-electron chi connectivity index (χ4n) is 1.83. The number of carbonyl (C=O) groups is 1. The molecule has 0 aliphatic carbocycles. The number of amides is 1. The molecule has 5 nitrogen and oxygen atoms in total. The van der Waals surface area contributed by atoms with Crippen LogP contribution in [0.15, 0.2) is 29.2 Å². The fraction of sp³-hybridized carbons (Fsp3) is 0.417. The SMILES string of the molecule is CNC(C)(C)CN1C(=O)c2ccccc2S1(=O)=O. The van der Waals surface area contributed by atoms with Gasteiger partial charge in [-0.2, -0.15) is 0 Å². The van der Waals surface area contributed by atoms with E-state index in [-0.39, 0.29) is 17.0 Å². The van der Waals surface area contributed by atoms with Gasteiger partial charge >= 0.3 is 0 Å². The third-order valence-electron chi connectivity index (χ3n) is 3.13. The van der Waals surface area contributed by atoms with E-state index >= 15 is 0 Å². The first-order chi connectivity index (χ1) is 8.29. The molecule has 98 valence electrons. The summed E-state index contributed by atoms with van der Waals surface area (Å²) < 4.78 is 25.5. The van der Waals surface area contributed by atoms with E-state index in [1.165, 1.54) is 6.07 Å². The van der Waals surface area contributed by atoms with Gasteiger partial charge in [0.1, 0.15) is 4.90 Å². The maximum Gasteiger partial charge on any atom is 0.269 e. The van der Waals surface area contributed by atoms with E-state index < -0.39 is 21.5 Å². The first-order valence-electron chi connectivity index (χ1n) is 5.64. The second-order valence-corrected chi connectivity index (χ2v) is 6.78. The second kappa shape index (κ2) is 4.07. The van der Waals surface area contributed by atoms with Gasteiger partial charge in [-0.3, -0.25) is 4.79 Å². The second-order valence-electron chi connectivity index (χ2n) is 4.95. The molecule has 0 aromatic heterocycles. The Balaban J connectivity index is 2.46. The lowest BCUT2D eigenvalue weighted by Crippen LogP contribution is -2.49. The molecule has 0 spiro atoms. The van der Waals surface area contributed by atoms with Crippen LogP contribution in [-0.4, -0.2) is 37.8 Å². The summed E-state index contributed by atoms with van der Waals surface area (Å²) in [4.78, 5) is 12.2. The topological polar surface area (TPSA) is 66.5 Å². The van der Waals surface area contributed by atoms with Crippen LogP contribution >= 0.6 is 0 Å². The number of likely N-dealkylation sites (N-methyl/N-ethyl adjacent to an activating group) is 1. The molecule has 1 heterocycles. The summed E-state index contributed by atoms with van der Waals surface area (Å²) in [5.41, 5.74) is -0.213. The molecule has 1 aliphatic rings. The zero-order valence-electron chi connectivity index (χ0n) is 10.6. The Morgan fingerprint density at radius 1 is 1.28 bits per heavy atom. The van der Waals surface area contributed by atoms with Crippen molar-refractivity contribution in [2.24, 2.45) is 0 Å². The number of hydrogen-bond donors (Lipinski definition) is 1. The van der Waals surface area contributed by atoms with Crippen LogP contribution < -0.4 is 5.32 Å². The Labute approximate surface area is 107 Å². The molecule has 1 aromatic rings. The van der Waals surface area contributed by atoms with Crippen molar-refractivity contribution in [3.05, 3.63) is 29.8 Å². The minimum atomic E-state index is -3.70. The molecule has 0 radical (unpaired) electrons. The molecule has 0 atom stereocenters. The molecule has 0 fully saturated rings. The van der Waals surface area contributed by atoms with E-state index in [4.69, 9.17) is 0 Å². The van der Waals surface area contributed by atoms with Gasteiger partial charge in [0.2, 0.25) is 0 Å². The van der Waals surface area contributed by atoms with Crippen molar-refractivity contribution in [1.29, 1.82) is 0 Å². The molecular formula is C12H16N2O3S. The highest BCUT2D eigenvalue weighted by Crippen LogP contribution is 2.30. The molecular weight excluding hydrogens is 252 g/mol. The van der Waals surface area contributed by atoms with Gasteiger partial charge in [-0.25, -0.2) is 12.7 Å². The quantitative estimate of drug-likeness (QED) is 0.881. The molecule has 1 aliphatic heterocycles. The Morgan fingerprint density at radius 3 is 2.44 bits per heavy atom. The molecule has 1 aromatic carbocycles. The lowest BCUT2D eigenvalue weighted by molar-refractivity contribution is 0.0848. The number of hydrogen-bond acceptors (Lipinski definition) is 4. The van der Waals surface area contributed by atoms with Crippen LogP contribution in [-0.2, 0) is 10.0 Å². The Morgan fingerprint density at radius 2 is 1.89 bits per heavy atom. The first-order valence-corrected chi connectivity index (χ1v) is 7.08. The van der Waals surface area contributed by atoms with E-state index in [1.54, 1.807) is 25.2 Å². The van der Waals surface area contributed by atoms with Crippen molar-refractivity contribution >= 4 is 15.9 Å². The van der Waals surface area contributed by atoms with E-state index in [0.717, 1.165) is 4.31 Å². The number of benzene rings is 1. The Hall–Kier alpha value is -1.40. The van der Waals surface area contributed by atoms with Crippen molar-refractivity contribution < 1.29 is 13.2 Å². The number of fused-ring (bicyclic) bond motifs is 1. The van der Waals surface area contributed by atoms with Crippen LogP contribution in [0.1, 0.15) is 24.2 Å². The van der Waals surface area contributed by atoms with Gasteiger partial charge in [-0.1, -0.05) is 12.1 Å². The summed E-state index contributed by atoms with van der Waals surface area (Å²) in [5, 5.41) is 2.99. The van der Waals surface area contributed by atoms with Gasteiger partial charge in [-0.15, -0.1) is 0 Å². The Kier molecular flexibility index (Phi) is 2.95. The van der Waals surface area contributed by atoms with Crippen molar-refractivity contribution in [2.75, 3.05) is 13.6 Å². The molecule has 0 saturated carbocycles. The van der Waals surface area contributed by atoms with Gasteiger partial charge in [0.05, 0.1) is 12.1 Å². The van der Waals surface area contributed by atoms with Crippen LogP contribution in [0.2, 0.25) is 0 Å². The van der Waals surface area contributed by atoms with Gasteiger partial charge in [0, 0.05) is 5.54 Å². The monoisotopic (exact) mass is 268 g/mol. The smallest absolute Gasteiger partial charge is 0.269 e. The zero-order valence-corrected chi connectivity index (χ0v) is 11.4. The summed E-state index contributed by atoms with van der Waals surface area (Å²) in [6.45, 7) is 3.80. The minimum Gasteiger partial charge on any atom is -0.313 e. The highest BCUT2D eigenvalue weighted by Gasteiger charge is 2.42. The zero-order chi connectivity index (χ0) is 13.6. The largest absolute Gasteiger partial charge is 0.313 e. The van der Waals surface area contributed by atoms with Gasteiger partial charge < -0.3 is 5.32 Å². The van der Waals surface area contributed by atoms with Crippen LogP contribution in [0.25, 0.3) is 0 Å². The Bertz CT molecular complexity index is 593. The average molecular weight is 268 g/mol. The first kappa shape index (κ1) is 13.0. The average Bonchev–Trinajstić information content (AvgIpc) is 2.51. The van der Waals surface area contributed by atoms with E-state index in [1.807, 2.05) is 13.8 Å². The molecule has 0 unspecified atom stereocenters. The molecule has 2 rings (SSSR count). The summed E-state index contributed by atoms with van der Waals surface area (Å²) in [7, 11) is -1.96. The van der Waals surface area contributed by atoms with Crippen molar-refractivity contribution in [1.82, 2.24) is 9.62 Å².